The van der Waals surface area contributed by atoms with Gasteiger partial charge >= 0.3 is 0 Å². The lowest BCUT2D eigenvalue weighted by atomic mass is 10.0. The first-order chi connectivity index (χ1) is 16.8. The number of aromatic amines is 2. The van der Waals surface area contributed by atoms with E-state index in [0.717, 1.165) is 39.7 Å². The van der Waals surface area contributed by atoms with E-state index in [1.165, 1.54) is 11.1 Å². The number of nitrogens with zero attached hydrogens (tertiary/aromatic N) is 1. The molecule has 0 atom stereocenters. The minimum absolute atomic E-state index is 0.0249. The van der Waals surface area contributed by atoms with Crippen LogP contribution in [0.3, 0.4) is 0 Å². The molecule has 0 saturated heterocycles. The van der Waals surface area contributed by atoms with Crippen LogP contribution in [-0.2, 0) is 6.42 Å². The van der Waals surface area contributed by atoms with E-state index >= 15 is 0 Å². The van der Waals surface area contributed by atoms with Crippen molar-refractivity contribution in [2.75, 3.05) is 0 Å². The summed E-state index contributed by atoms with van der Waals surface area (Å²) in [7, 11) is 0. The number of pyridine rings is 1. The van der Waals surface area contributed by atoms with E-state index in [0.29, 0.717) is 0 Å². The van der Waals surface area contributed by atoms with Gasteiger partial charge in [-0.1, -0.05) is 66.7 Å². The predicted molar refractivity (Wildman–Crippen MR) is 136 cm³/mol. The normalized spacial score (nSPS) is 11.2. The van der Waals surface area contributed by atoms with Crippen molar-refractivity contribution in [2.24, 2.45) is 0 Å². The molecule has 0 bridgehead atoms. The Hall–Kier alpha value is -4.64. The maximum Gasteiger partial charge on any atom is 0.255 e. The number of imidazole rings is 1. The molecule has 2 N–H and O–H groups in total. The minimum atomic E-state index is -0.0249. The predicted octanol–water partition coefficient (Wildman–Crippen LogP) is 6.47. The zero-order valence-electron chi connectivity index (χ0n) is 18.4. The number of fused-ring (bicyclic) bond motifs is 4. The van der Waals surface area contributed by atoms with Crippen molar-refractivity contribution in [2.45, 2.75) is 6.42 Å². The lowest BCUT2D eigenvalue weighted by Crippen LogP contribution is -2.03. The molecular formula is C29H23N3O2. The smallest absolute Gasteiger partial charge is 0.255 e. The van der Waals surface area contributed by atoms with Gasteiger partial charge < -0.3 is 14.7 Å². The Kier molecular flexibility index (Phi) is 6.16. The molecule has 5 nitrogen and oxygen atoms in total. The second kappa shape index (κ2) is 9.88. The summed E-state index contributed by atoms with van der Waals surface area (Å²) < 4.78 is 5.78. The second-order valence-electron chi connectivity index (χ2n) is 7.81. The van der Waals surface area contributed by atoms with Gasteiger partial charge in [-0.05, 0) is 52.9 Å². The van der Waals surface area contributed by atoms with E-state index < -0.39 is 0 Å². The summed E-state index contributed by atoms with van der Waals surface area (Å²) in [6, 6.07) is 33.7. The summed E-state index contributed by atoms with van der Waals surface area (Å²) in [5, 5.41) is 1.73. The van der Waals surface area contributed by atoms with E-state index in [-0.39, 0.29) is 5.56 Å². The zero-order chi connectivity index (χ0) is 23.2. The number of para-hydroxylation sites is 4. The number of aromatic nitrogens is 3. The maximum absolute atomic E-state index is 11.1. The van der Waals surface area contributed by atoms with Gasteiger partial charge in [-0.2, -0.15) is 0 Å². The number of H-pyrrole nitrogens is 2. The SMILES string of the molecule is O=c1[nH]ccc2ccccc12.c1ccc2[nH]cnc2c1.c1ccc2c(c1)Cc1ccccc1O2. The molecule has 1 aliphatic rings. The number of rotatable bonds is 0. The Bertz CT molecular complexity index is 1480. The number of nitrogens with one attached hydrogen (secondary N) is 2. The fraction of sp³-hybridized carbons (Fsp3) is 0.0345. The van der Waals surface area contributed by atoms with Crippen molar-refractivity contribution in [3.05, 3.63) is 137 Å². The first-order valence-corrected chi connectivity index (χ1v) is 11.1. The van der Waals surface area contributed by atoms with Gasteiger partial charge in [0.2, 0.25) is 0 Å². The first kappa shape index (κ1) is 21.2. The molecule has 0 spiro atoms. The molecule has 0 aliphatic carbocycles. The standard InChI is InChI=1S/C13H10O.C9H7NO.C7H6N2/c1-3-7-12-10(5-1)9-11-6-2-4-8-13(11)14-12;11-9-8-4-2-1-3-7(8)5-6-10-9;1-2-4-7-6(3-1)8-5-9-7/h1-8H,9H2;1-6H,(H,10,11);1-5H,(H,8,9). The van der Waals surface area contributed by atoms with E-state index in [1.807, 2.05) is 78.9 Å². The first-order valence-electron chi connectivity index (χ1n) is 11.1. The lowest BCUT2D eigenvalue weighted by molar-refractivity contribution is 0.460. The third-order valence-corrected chi connectivity index (χ3v) is 5.56. The molecule has 1 aliphatic heterocycles. The van der Waals surface area contributed by atoms with Gasteiger partial charge in [0.05, 0.1) is 17.4 Å². The molecule has 2 aromatic heterocycles. The summed E-state index contributed by atoms with van der Waals surface area (Å²) in [5.74, 6) is 1.98. The second-order valence-corrected chi connectivity index (χ2v) is 7.81. The molecule has 6 aromatic rings. The van der Waals surface area contributed by atoms with E-state index in [2.05, 4.69) is 39.2 Å². The summed E-state index contributed by atoms with van der Waals surface area (Å²) in [4.78, 5) is 20.8. The summed E-state index contributed by atoms with van der Waals surface area (Å²) in [5.41, 5.74) is 4.63. The monoisotopic (exact) mass is 445 g/mol. The number of hydrogen-bond donors (Lipinski definition) is 2. The Morgan fingerprint density at radius 3 is 2.06 bits per heavy atom. The van der Waals surface area contributed by atoms with Gasteiger partial charge in [-0.15, -0.1) is 0 Å². The van der Waals surface area contributed by atoms with Gasteiger partial charge in [0.1, 0.15) is 11.5 Å². The van der Waals surface area contributed by atoms with Gasteiger partial charge in [0.25, 0.3) is 5.56 Å². The van der Waals surface area contributed by atoms with Crippen molar-refractivity contribution >= 4 is 21.8 Å². The van der Waals surface area contributed by atoms with Gasteiger partial charge in [-0.25, -0.2) is 4.98 Å². The topological polar surface area (TPSA) is 70.8 Å². The van der Waals surface area contributed by atoms with Crippen molar-refractivity contribution in [3.8, 4) is 11.5 Å². The molecule has 3 heterocycles. The lowest BCUT2D eigenvalue weighted by Gasteiger charge is -2.19. The summed E-state index contributed by atoms with van der Waals surface area (Å²) in [6.45, 7) is 0. The van der Waals surface area contributed by atoms with Crippen LogP contribution in [0.2, 0.25) is 0 Å². The highest BCUT2D eigenvalue weighted by Crippen LogP contribution is 2.35. The molecule has 7 rings (SSSR count). The Balaban J connectivity index is 0.000000109. The highest BCUT2D eigenvalue weighted by molar-refractivity contribution is 5.80. The molecule has 34 heavy (non-hydrogen) atoms. The highest BCUT2D eigenvalue weighted by atomic mass is 16.5. The zero-order valence-corrected chi connectivity index (χ0v) is 18.4. The van der Waals surface area contributed by atoms with E-state index in [9.17, 15) is 4.79 Å². The highest BCUT2D eigenvalue weighted by Gasteiger charge is 2.14. The Labute approximate surface area is 196 Å². The molecule has 0 unspecified atom stereocenters. The number of benzene rings is 4. The third-order valence-electron chi connectivity index (χ3n) is 5.56. The summed E-state index contributed by atoms with van der Waals surface area (Å²) in [6.07, 6.45) is 4.34. The van der Waals surface area contributed by atoms with Gasteiger partial charge in [-0.3, -0.25) is 4.79 Å². The van der Waals surface area contributed by atoms with Crippen LogP contribution in [0.4, 0.5) is 0 Å². The van der Waals surface area contributed by atoms with E-state index in [1.54, 1.807) is 12.5 Å². The van der Waals surface area contributed by atoms with Crippen molar-refractivity contribution < 1.29 is 4.74 Å². The largest absolute Gasteiger partial charge is 0.457 e. The third kappa shape index (κ3) is 4.74. The van der Waals surface area contributed by atoms with Gasteiger partial charge in [0.15, 0.2) is 0 Å². The van der Waals surface area contributed by atoms with Gasteiger partial charge in [0, 0.05) is 18.0 Å². The van der Waals surface area contributed by atoms with Crippen LogP contribution in [0.25, 0.3) is 21.8 Å². The molecule has 0 amide bonds. The molecule has 0 saturated carbocycles. The molecule has 4 aromatic carbocycles. The molecule has 0 fully saturated rings. The Morgan fingerprint density at radius 1 is 0.676 bits per heavy atom. The van der Waals surface area contributed by atoms with Crippen molar-refractivity contribution in [3.63, 3.8) is 0 Å². The minimum Gasteiger partial charge on any atom is -0.457 e. The quantitative estimate of drug-likeness (QED) is 0.281. The van der Waals surface area contributed by atoms with E-state index in [4.69, 9.17) is 4.74 Å². The van der Waals surface area contributed by atoms with Crippen LogP contribution >= 0.6 is 0 Å². The average molecular weight is 446 g/mol. The van der Waals surface area contributed by atoms with Crippen LogP contribution < -0.4 is 10.3 Å². The fourth-order valence-corrected chi connectivity index (χ4v) is 3.84. The van der Waals surface area contributed by atoms with Crippen molar-refractivity contribution in [1.82, 2.24) is 15.0 Å². The van der Waals surface area contributed by atoms with Crippen LogP contribution in [0.5, 0.6) is 11.5 Å². The molecule has 5 heteroatoms. The van der Waals surface area contributed by atoms with Crippen LogP contribution in [0.15, 0.2) is 120 Å². The summed E-state index contributed by atoms with van der Waals surface area (Å²) >= 11 is 0. The maximum atomic E-state index is 11.1. The van der Waals surface area contributed by atoms with Crippen LogP contribution in [-0.4, -0.2) is 15.0 Å². The molecule has 0 radical (unpaired) electrons. The number of hydrogen-bond acceptors (Lipinski definition) is 3. The van der Waals surface area contributed by atoms with Crippen LogP contribution in [0, 0.1) is 0 Å². The number of ether oxygens (including phenoxy) is 1. The van der Waals surface area contributed by atoms with Crippen molar-refractivity contribution in [1.29, 1.82) is 0 Å². The van der Waals surface area contributed by atoms with Crippen LogP contribution in [0.1, 0.15) is 11.1 Å². The molecule has 166 valence electrons. The Morgan fingerprint density at radius 2 is 1.32 bits per heavy atom. The average Bonchev–Trinajstić information content (AvgIpc) is 3.38. The fourth-order valence-electron chi connectivity index (χ4n) is 3.84. The molecular weight excluding hydrogens is 422 g/mol.